The van der Waals surface area contributed by atoms with Crippen LogP contribution in [0.15, 0.2) is 40.9 Å². The summed E-state index contributed by atoms with van der Waals surface area (Å²) < 4.78 is 32.8. The van der Waals surface area contributed by atoms with Crippen LogP contribution in [0.4, 0.5) is 14.5 Å². The third-order valence-corrected chi connectivity index (χ3v) is 4.09. The number of aromatic nitrogens is 1. The van der Waals surface area contributed by atoms with E-state index in [2.05, 4.69) is 10.5 Å². The Morgan fingerprint density at radius 1 is 1.19 bits per heavy atom. The highest BCUT2D eigenvalue weighted by atomic mass is 35.5. The average molecular weight is 392 g/mol. The summed E-state index contributed by atoms with van der Waals surface area (Å²) in [6.07, 6.45) is 0. The molecule has 138 valence electrons. The van der Waals surface area contributed by atoms with E-state index in [-0.39, 0.29) is 38.9 Å². The molecule has 1 heterocycles. The Morgan fingerprint density at radius 3 is 2.59 bits per heavy atom. The topological polar surface area (TPSA) is 98.2 Å². The first-order valence-electron chi connectivity index (χ1n) is 7.61. The number of anilines is 1. The van der Waals surface area contributed by atoms with Crippen LogP contribution in [-0.2, 0) is 0 Å². The lowest BCUT2D eigenvalue weighted by molar-refractivity contribution is 0.0992. The molecule has 2 aromatic carbocycles. The molecule has 3 rings (SSSR count). The van der Waals surface area contributed by atoms with E-state index in [1.54, 1.807) is 0 Å². The Balaban J connectivity index is 2.01. The maximum atomic E-state index is 14.2. The molecule has 0 aliphatic rings. The first kappa shape index (κ1) is 18.5. The minimum absolute atomic E-state index is 0.0491. The van der Waals surface area contributed by atoms with Crippen LogP contribution in [-0.4, -0.2) is 17.0 Å². The average Bonchev–Trinajstić information content (AvgIpc) is 2.97. The molecule has 3 aromatic rings. The molecule has 0 aliphatic heterocycles. The van der Waals surface area contributed by atoms with E-state index in [1.165, 1.54) is 31.2 Å². The number of nitrogens with two attached hydrogens (primary N) is 1. The van der Waals surface area contributed by atoms with Gasteiger partial charge in [0.2, 0.25) is 0 Å². The second-order valence-electron chi connectivity index (χ2n) is 5.57. The van der Waals surface area contributed by atoms with Crippen molar-refractivity contribution in [1.82, 2.24) is 5.16 Å². The molecular formula is C18H12ClF2N3O3. The molecule has 0 atom stereocenters. The lowest BCUT2D eigenvalue weighted by atomic mass is 10.0. The molecule has 0 radical (unpaired) electrons. The maximum absolute atomic E-state index is 14.2. The maximum Gasteiger partial charge on any atom is 0.261 e. The summed E-state index contributed by atoms with van der Waals surface area (Å²) in [7, 11) is 0. The van der Waals surface area contributed by atoms with Gasteiger partial charge in [-0.3, -0.25) is 9.59 Å². The molecule has 1 aromatic heterocycles. The minimum atomic E-state index is -0.983. The fourth-order valence-corrected chi connectivity index (χ4v) is 2.77. The first-order chi connectivity index (χ1) is 12.8. The van der Waals surface area contributed by atoms with E-state index in [0.29, 0.717) is 0 Å². The molecule has 3 N–H and O–H groups in total. The summed E-state index contributed by atoms with van der Waals surface area (Å²) in [6.45, 7) is 1.47. The second kappa shape index (κ2) is 7.16. The smallest absolute Gasteiger partial charge is 0.261 e. The van der Waals surface area contributed by atoms with Crippen molar-refractivity contribution in [2.75, 3.05) is 5.32 Å². The van der Waals surface area contributed by atoms with Gasteiger partial charge in [0.05, 0.1) is 16.1 Å². The van der Waals surface area contributed by atoms with Crippen LogP contribution < -0.4 is 11.1 Å². The molecule has 6 nitrogen and oxygen atoms in total. The largest absolute Gasteiger partial charge is 0.366 e. The number of carbonyl (C=O) groups excluding carboxylic acids is 2. The molecule has 0 fully saturated rings. The van der Waals surface area contributed by atoms with E-state index in [9.17, 15) is 18.4 Å². The Kier molecular flexibility index (Phi) is 4.91. The number of amides is 2. The normalized spacial score (nSPS) is 10.7. The monoisotopic (exact) mass is 391 g/mol. The van der Waals surface area contributed by atoms with E-state index < -0.39 is 23.4 Å². The summed E-state index contributed by atoms with van der Waals surface area (Å²) in [5.41, 5.74) is 4.61. The molecule has 0 saturated carbocycles. The summed E-state index contributed by atoms with van der Waals surface area (Å²) in [5.74, 6) is -3.06. The zero-order valence-electron chi connectivity index (χ0n) is 13.8. The molecule has 9 heteroatoms. The van der Waals surface area contributed by atoms with E-state index >= 15 is 0 Å². The van der Waals surface area contributed by atoms with Crippen LogP contribution in [0, 0.1) is 18.6 Å². The zero-order valence-corrected chi connectivity index (χ0v) is 14.6. The molecule has 2 amide bonds. The van der Waals surface area contributed by atoms with Crippen LogP contribution in [0.3, 0.4) is 0 Å². The highest BCUT2D eigenvalue weighted by molar-refractivity contribution is 6.33. The molecule has 27 heavy (non-hydrogen) atoms. The Morgan fingerprint density at radius 2 is 1.93 bits per heavy atom. The van der Waals surface area contributed by atoms with Crippen molar-refractivity contribution >= 4 is 29.1 Å². The van der Waals surface area contributed by atoms with Crippen LogP contribution in [0.2, 0.25) is 5.02 Å². The number of carbonyl (C=O) groups is 2. The molecule has 0 bridgehead atoms. The summed E-state index contributed by atoms with van der Waals surface area (Å²) in [4.78, 5) is 23.9. The molecule has 0 spiro atoms. The van der Waals surface area contributed by atoms with Gasteiger partial charge in [-0.15, -0.1) is 0 Å². The first-order valence-corrected chi connectivity index (χ1v) is 7.98. The predicted octanol–water partition coefficient (Wildman–Crippen LogP) is 3.93. The van der Waals surface area contributed by atoms with Gasteiger partial charge in [-0.1, -0.05) is 22.8 Å². The van der Waals surface area contributed by atoms with Crippen LogP contribution >= 0.6 is 11.6 Å². The lowest BCUT2D eigenvalue weighted by Crippen LogP contribution is -2.16. The molecule has 0 saturated heterocycles. The molecule has 0 unspecified atom stereocenters. The molecule has 0 aliphatic carbocycles. The quantitative estimate of drug-likeness (QED) is 0.703. The van der Waals surface area contributed by atoms with E-state index in [4.69, 9.17) is 21.9 Å². The van der Waals surface area contributed by atoms with Crippen molar-refractivity contribution in [2.24, 2.45) is 5.73 Å². The number of hydrogen-bond acceptors (Lipinski definition) is 4. The summed E-state index contributed by atoms with van der Waals surface area (Å²) in [6, 6.07) is 7.37. The van der Waals surface area contributed by atoms with Crippen LogP contribution in [0.5, 0.6) is 0 Å². The van der Waals surface area contributed by atoms with Crippen molar-refractivity contribution in [3.63, 3.8) is 0 Å². The second-order valence-corrected chi connectivity index (χ2v) is 5.98. The number of rotatable bonds is 4. The standard InChI is InChI=1S/C18H12ClF2N3O3/c1-8-14(16(24-27-8)15-11(19)3-2-4-13(15)21)18(26)23-9-5-6-12(20)10(7-9)17(22)25/h2-7H,1H3,(H2,22,25)(H,23,26). The summed E-state index contributed by atoms with van der Waals surface area (Å²) >= 11 is 6.04. The Labute approximate surface area is 156 Å². The fraction of sp³-hybridized carbons (Fsp3) is 0.0556. The van der Waals surface area contributed by atoms with Gasteiger partial charge in [-0.25, -0.2) is 8.78 Å². The van der Waals surface area contributed by atoms with Crippen molar-refractivity contribution < 1.29 is 22.9 Å². The number of halogens is 3. The van der Waals surface area contributed by atoms with Gasteiger partial charge >= 0.3 is 0 Å². The van der Waals surface area contributed by atoms with Gasteiger partial charge in [0, 0.05) is 5.69 Å². The van der Waals surface area contributed by atoms with Crippen molar-refractivity contribution in [3.05, 3.63) is 69.9 Å². The Hall–Kier alpha value is -3.26. The highest BCUT2D eigenvalue weighted by Gasteiger charge is 2.25. The van der Waals surface area contributed by atoms with E-state index in [1.807, 2.05) is 0 Å². The highest BCUT2D eigenvalue weighted by Crippen LogP contribution is 2.33. The lowest BCUT2D eigenvalue weighted by Gasteiger charge is -2.08. The number of nitrogens with zero attached hydrogens (tertiary/aromatic N) is 1. The third-order valence-electron chi connectivity index (χ3n) is 3.78. The van der Waals surface area contributed by atoms with Gasteiger partial charge in [0.15, 0.2) is 0 Å². The van der Waals surface area contributed by atoms with Crippen molar-refractivity contribution in [3.8, 4) is 11.3 Å². The van der Waals surface area contributed by atoms with Crippen LogP contribution in [0.25, 0.3) is 11.3 Å². The minimum Gasteiger partial charge on any atom is -0.366 e. The van der Waals surface area contributed by atoms with Gasteiger partial charge in [-0.05, 0) is 37.3 Å². The number of aryl methyl sites for hydroxylation is 1. The number of primary amides is 1. The van der Waals surface area contributed by atoms with Crippen LogP contribution in [0.1, 0.15) is 26.5 Å². The van der Waals surface area contributed by atoms with Gasteiger partial charge in [-0.2, -0.15) is 0 Å². The van der Waals surface area contributed by atoms with Crippen molar-refractivity contribution in [2.45, 2.75) is 6.92 Å². The number of nitrogens with one attached hydrogen (secondary N) is 1. The molecular weight excluding hydrogens is 380 g/mol. The Bertz CT molecular complexity index is 1050. The SMILES string of the molecule is Cc1onc(-c2c(F)cccc2Cl)c1C(=O)Nc1ccc(F)c(C(N)=O)c1. The zero-order chi connectivity index (χ0) is 19.7. The fourth-order valence-electron chi connectivity index (χ4n) is 2.52. The third kappa shape index (κ3) is 3.52. The number of hydrogen-bond donors (Lipinski definition) is 2. The predicted molar refractivity (Wildman–Crippen MR) is 94.5 cm³/mol. The van der Waals surface area contributed by atoms with E-state index in [0.717, 1.165) is 12.1 Å². The summed E-state index contributed by atoms with van der Waals surface area (Å²) in [5, 5.41) is 6.26. The van der Waals surface area contributed by atoms with Gasteiger partial charge in [0.1, 0.15) is 28.7 Å². The van der Waals surface area contributed by atoms with Gasteiger partial charge in [0.25, 0.3) is 11.8 Å². The van der Waals surface area contributed by atoms with Gasteiger partial charge < -0.3 is 15.6 Å². The number of benzene rings is 2. The van der Waals surface area contributed by atoms with Crippen molar-refractivity contribution in [1.29, 1.82) is 0 Å².